The Hall–Kier alpha value is -2.74. The second-order valence-corrected chi connectivity index (χ2v) is 6.56. The third-order valence-electron chi connectivity index (χ3n) is 4.70. The Bertz CT molecular complexity index is 825. The molecular weight excluding hydrogens is 320 g/mol. The number of amides is 1. The lowest BCUT2D eigenvalue weighted by Gasteiger charge is -2.26. The number of hydrogen-bond acceptors (Lipinski definition) is 6. The molecule has 0 aromatic carbocycles. The summed E-state index contributed by atoms with van der Waals surface area (Å²) in [6.07, 6.45) is 4.28. The van der Waals surface area contributed by atoms with Gasteiger partial charge in [-0.2, -0.15) is 0 Å². The van der Waals surface area contributed by atoms with Crippen molar-refractivity contribution in [3.63, 3.8) is 0 Å². The molecule has 130 valence electrons. The molecule has 4 heterocycles. The zero-order valence-corrected chi connectivity index (χ0v) is 14.1. The normalized spacial score (nSPS) is 16.9. The minimum Gasteiger partial charge on any atom is -0.465 e. The maximum Gasteiger partial charge on any atom is 0.407 e. The zero-order valence-electron chi connectivity index (χ0n) is 14.1. The molecule has 0 spiro atoms. The van der Waals surface area contributed by atoms with Crippen LogP contribution in [0, 0.1) is 0 Å². The van der Waals surface area contributed by atoms with E-state index in [4.69, 9.17) is 5.11 Å². The first kappa shape index (κ1) is 15.8. The lowest BCUT2D eigenvalue weighted by atomic mass is 10.1. The van der Waals surface area contributed by atoms with Crippen molar-refractivity contribution in [1.29, 1.82) is 0 Å². The van der Waals surface area contributed by atoms with Crippen LogP contribution in [0.3, 0.4) is 0 Å². The van der Waals surface area contributed by atoms with Gasteiger partial charge in [-0.1, -0.05) is 0 Å². The van der Waals surface area contributed by atoms with E-state index >= 15 is 0 Å². The number of carboxylic acid groups (broad SMARTS) is 1. The fraction of sp³-hybridized carbons (Fsp3) is 0.412. The van der Waals surface area contributed by atoms with Crippen molar-refractivity contribution in [3.05, 3.63) is 41.0 Å². The minimum atomic E-state index is -0.915. The monoisotopic (exact) mass is 340 g/mol. The summed E-state index contributed by atoms with van der Waals surface area (Å²) in [5.41, 5.74) is 4.98. The number of likely N-dealkylation sites (N-methyl/N-ethyl adjacent to an activating group) is 1. The van der Waals surface area contributed by atoms with E-state index in [1.807, 2.05) is 0 Å². The van der Waals surface area contributed by atoms with Crippen molar-refractivity contribution in [3.8, 4) is 0 Å². The smallest absolute Gasteiger partial charge is 0.407 e. The highest BCUT2D eigenvalue weighted by Crippen LogP contribution is 2.23. The van der Waals surface area contributed by atoms with E-state index in [0.29, 0.717) is 25.5 Å². The summed E-state index contributed by atoms with van der Waals surface area (Å²) in [6, 6.07) is 2.09. The van der Waals surface area contributed by atoms with Crippen LogP contribution in [0.5, 0.6) is 0 Å². The van der Waals surface area contributed by atoms with Crippen LogP contribution < -0.4 is 5.32 Å². The van der Waals surface area contributed by atoms with E-state index in [-0.39, 0.29) is 0 Å². The van der Waals surface area contributed by atoms with Crippen molar-refractivity contribution in [1.82, 2.24) is 24.8 Å². The van der Waals surface area contributed by atoms with E-state index in [2.05, 4.69) is 38.3 Å². The Labute approximate surface area is 145 Å². The van der Waals surface area contributed by atoms with Gasteiger partial charge in [0.05, 0.1) is 24.1 Å². The van der Waals surface area contributed by atoms with Gasteiger partial charge in [0.15, 0.2) is 0 Å². The van der Waals surface area contributed by atoms with E-state index in [1.165, 1.54) is 10.5 Å². The van der Waals surface area contributed by atoms with E-state index in [1.54, 1.807) is 12.4 Å². The molecule has 0 fully saturated rings. The topological polar surface area (TPSA) is 94.5 Å². The highest BCUT2D eigenvalue weighted by molar-refractivity contribution is 5.65. The molecule has 4 rings (SSSR count). The summed E-state index contributed by atoms with van der Waals surface area (Å²) in [5.74, 6) is 0.469. The van der Waals surface area contributed by atoms with Crippen LogP contribution in [-0.2, 0) is 25.9 Å². The average molecular weight is 340 g/mol. The van der Waals surface area contributed by atoms with Crippen molar-refractivity contribution >= 4 is 17.7 Å². The summed E-state index contributed by atoms with van der Waals surface area (Å²) in [6.45, 7) is 2.70. The highest BCUT2D eigenvalue weighted by Gasteiger charge is 2.22. The quantitative estimate of drug-likeness (QED) is 0.858. The summed E-state index contributed by atoms with van der Waals surface area (Å²) in [7, 11) is 2.10. The van der Waals surface area contributed by atoms with Crippen molar-refractivity contribution in [2.24, 2.45) is 0 Å². The van der Waals surface area contributed by atoms with Crippen molar-refractivity contribution < 1.29 is 9.90 Å². The standard InChI is InChI=1S/C17H20N6O2/c1-22-4-3-14-12(9-22)6-13(8-18-14)20-16-19-7-11-2-5-23(17(24)25)10-15(11)21-16/h6-8H,2-5,9-10H2,1H3,(H,24,25)(H,19,20,21). The van der Waals surface area contributed by atoms with Gasteiger partial charge in [0.1, 0.15) is 0 Å². The molecule has 0 saturated heterocycles. The molecule has 2 aromatic heterocycles. The van der Waals surface area contributed by atoms with Crippen LogP contribution in [0.4, 0.5) is 16.4 Å². The SMILES string of the molecule is CN1CCc2ncc(Nc3ncc4c(n3)CN(C(=O)O)CC4)cc2C1. The molecule has 2 aliphatic heterocycles. The minimum absolute atomic E-state index is 0.301. The molecule has 1 amide bonds. The molecule has 2 N–H and O–H groups in total. The number of rotatable bonds is 2. The first-order chi connectivity index (χ1) is 12.1. The van der Waals surface area contributed by atoms with Gasteiger partial charge in [-0.05, 0) is 30.7 Å². The first-order valence-corrected chi connectivity index (χ1v) is 8.34. The predicted molar refractivity (Wildman–Crippen MR) is 91.7 cm³/mol. The largest absolute Gasteiger partial charge is 0.465 e. The summed E-state index contributed by atoms with van der Waals surface area (Å²) in [4.78, 5) is 28.2. The van der Waals surface area contributed by atoms with Gasteiger partial charge < -0.3 is 20.2 Å². The van der Waals surface area contributed by atoms with E-state index in [0.717, 1.165) is 42.1 Å². The third-order valence-corrected chi connectivity index (χ3v) is 4.70. The fourth-order valence-corrected chi connectivity index (χ4v) is 3.29. The maximum absolute atomic E-state index is 11.2. The summed E-state index contributed by atoms with van der Waals surface area (Å²) < 4.78 is 0. The molecule has 0 saturated carbocycles. The molecule has 2 aromatic rings. The average Bonchev–Trinajstić information content (AvgIpc) is 2.60. The Kier molecular flexibility index (Phi) is 3.96. The Morgan fingerprint density at radius 3 is 2.84 bits per heavy atom. The van der Waals surface area contributed by atoms with Gasteiger partial charge in [-0.25, -0.2) is 14.8 Å². The van der Waals surface area contributed by atoms with Crippen LogP contribution in [0.1, 0.15) is 22.5 Å². The number of carbonyl (C=O) groups is 1. The van der Waals surface area contributed by atoms with Crippen LogP contribution >= 0.6 is 0 Å². The molecule has 0 radical (unpaired) electrons. The molecule has 0 aliphatic carbocycles. The summed E-state index contributed by atoms with van der Waals surface area (Å²) >= 11 is 0. The number of pyridine rings is 1. The van der Waals surface area contributed by atoms with Gasteiger partial charge >= 0.3 is 6.09 Å². The molecule has 8 nitrogen and oxygen atoms in total. The second kappa shape index (κ2) is 6.29. The van der Waals surface area contributed by atoms with Crippen LogP contribution in [0.15, 0.2) is 18.5 Å². The lowest BCUT2D eigenvalue weighted by Crippen LogP contribution is -2.35. The van der Waals surface area contributed by atoms with E-state index < -0.39 is 6.09 Å². The number of anilines is 2. The van der Waals surface area contributed by atoms with Crippen LogP contribution in [0.2, 0.25) is 0 Å². The number of fused-ring (bicyclic) bond motifs is 2. The number of aromatic nitrogens is 3. The zero-order chi connectivity index (χ0) is 17.4. The van der Waals surface area contributed by atoms with Crippen LogP contribution in [0.25, 0.3) is 0 Å². The molecule has 8 heteroatoms. The predicted octanol–water partition coefficient (Wildman–Crippen LogP) is 1.64. The number of hydrogen-bond donors (Lipinski definition) is 2. The van der Waals surface area contributed by atoms with Gasteiger partial charge in [0.25, 0.3) is 0 Å². The molecule has 0 unspecified atom stereocenters. The molecule has 0 bridgehead atoms. The Balaban J connectivity index is 1.55. The fourth-order valence-electron chi connectivity index (χ4n) is 3.29. The van der Waals surface area contributed by atoms with Gasteiger partial charge in [0.2, 0.25) is 5.95 Å². The Morgan fingerprint density at radius 1 is 1.12 bits per heavy atom. The third kappa shape index (κ3) is 3.25. The summed E-state index contributed by atoms with van der Waals surface area (Å²) in [5, 5.41) is 12.4. The molecule has 0 atom stereocenters. The number of nitrogens with zero attached hydrogens (tertiary/aromatic N) is 5. The van der Waals surface area contributed by atoms with Crippen molar-refractivity contribution in [2.75, 3.05) is 25.5 Å². The van der Waals surface area contributed by atoms with Gasteiger partial charge in [-0.3, -0.25) is 4.98 Å². The van der Waals surface area contributed by atoms with Crippen LogP contribution in [-0.4, -0.2) is 56.1 Å². The Morgan fingerprint density at radius 2 is 2.00 bits per heavy atom. The molecule has 2 aliphatic rings. The highest BCUT2D eigenvalue weighted by atomic mass is 16.4. The van der Waals surface area contributed by atoms with Crippen molar-refractivity contribution in [2.45, 2.75) is 25.9 Å². The second-order valence-electron chi connectivity index (χ2n) is 6.56. The lowest BCUT2D eigenvalue weighted by molar-refractivity contribution is 0.139. The van der Waals surface area contributed by atoms with Gasteiger partial charge in [-0.15, -0.1) is 0 Å². The maximum atomic E-state index is 11.2. The van der Waals surface area contributed by atoms with Gasteiger partial charge in [0, 0.05) is 37.9 Å². The molecule has 25 heavy (non-hydrogen) atoms. The van der Waals surface area contributed by atoms with E-state index in [9.17, 15) is 4.79 Å². The number of nitrogens with one attached hydrogen (secondary N) is 1. The first-order valence-electron chi connectivity index (χ1n) is 8.34. The molecular formula is C17H20N6O2.